The fourth-order valence-electron chi connectivity index (χ4n) is 3.40. The highest BCUT2D eigenvalue weighted by atomic mass is 16.5. The first-order chi connectivity index (χ1) is 14.2. The molecule has 0 N–H and O–H groups in total. The van der Waals surface area contributed by atoms with Crippen LogP contribution >= 0.6 is 0 Å². The summed E-state index contributed by atoms with van der Waals surface area (Å²) in [6.07, 6.45) is 5.42. The van der Waals surface area contributed by atoms with Crippen LogP contribution in [0.15, 0.2) is 59.0 Å². The van der Waals surface area contributed by atoms with E-state index in [0.29, 0.717) is 18.1 Å². The van der Waals surface area contributed by atoms with Gasteiger partial charge in [0, 0.05) is 43.5 Å². The summed E-state index contributed by atoms with van der Waals surface area (Å²) >= 11 is 0. The van der Waals surface area contributed by atoms with Crippen LogP contribution in [0.4, 0.5) is 0 Å². The van der Waals surface area contributed by atoms with Gasteiger partial charge in [0.2, 0.25) is 5.90 Å². The van der Waals surface area contributed by atoms with E-state index in [0.717, 1.165) is 33.9 Å². The minimum absolute atomic E-state index is 0.468. The Labute approximate surface area is 168 Å². The second-order valence-corrected chi connectivity index (χ2v) is 6.43. The highest BCUT2D eigenvalue weighted by Crippen LogP contribution is 2.28. The van der Waals surface area contributed by atoms with Crippen molar-refractivity contribution in [1.82, 2.24) is 24.2 Å². The van der Waals surface area contributed by atoms with Crippen molar-refractivity contribution in [3.63, 3.8) is 0 Å². The number of ether oxygens (including phenoxy) is 1. The SMILES string of the molecule is C=Nn1ccc(-c2cnc3nc(C)n(Cc4ccccn4)c3c2)c1/C(=N\C)OC. The average molecular weight is 387 g/mol. The van der Waals surface area contributed by atoms with Gasteiger partial charge in [-0.2, -0.15) is 5.10 Å². The van der Waals surface area contributed by atoms with Crippen LogP contribution in [0.1, 0.15) is 17.2 Å². The van der Waals surface area contributed by atoms with Gasteiger partial charge in [-0.05, 0) is 31.2 Å². The van der Waals surface area contributed by atoms with Crippen molar-refractivity contribution in [2.24, 2.45) is 10.1 Å². The summed E-state index contributed by atoms with van der Waals surface area (Å²) in [7, 11) is 3.26. The van der Waals surface area contributed by atoms with Crippen LogP contribution in [-0.4, -0.2) is 51.0 Å². The van der Waals surface area contributed by atoms with Crippen LogP contribution in [0.3, 0.4) is 0 Å². The van der Waals surface area contributed by atoms with Crippen molar-refractivity contribution in [3.05, 3.63) is 66.1 Å². The maximum absolute atomic E-state index is 5.44. The van der Waals surface area contributed by atoms with Crippen molar-refractivity contribution in [2.45, 2.75) is 13.5 Å². The Morgan fingerprint density at radius 3 is 2.79 bits per heavy atom. The fraction of sp³-hybridized carbons (Fsp3) is 0.190. The van der Waals surface area contributed by atoms with Crippen molar-refractivity contribution in [2.75, 3.05) is 14.2 Å². The molecule has 0 unspecified atom stereocenters. The lowest BCUT2D eigenvalue weighted by Gasteiger charge is -2.10. The van der Waals surface area contributed by atoms with E-state index in [4.69, 9.17) is 4.74 Å². The molecule has 8 nitrogen and oxygen atoms in total. The Morgan fingerprint density at radius 2 is 2.10 bits per heavy atom. The molecule has 0 aliphatic heterocycles. The van der Waals surface area contributed by atoms with Gasteiger partial charge in [-0.1, -0.05) is 6.07 Å². The zero-order chi connectivity index (χ0) is 20.4. The zero-order valence-corrected chi connectivity index (χ0v) is 16.6. The van der Waals surface area contributed by atoms with Crippen molar-refractivity contribution in [3.8, 4) is 11.1 Å². The summed E-state index contributed by atoms with van der Waals surface area (Å²) in [6, 6.07) is 9.90. The standard InChI is InChI=1S/C21H21N7O/c1-14-26-20-18(27(14)13-16-7-5-6-9-24-16)11-15(12-25-20)17-8-10-28(23-3)19(17)21(22-2)29-4/h5-12H,3,13H2,1-2,4H3/b22-21+. The largest absolute Gasteiger partial charge is 0.480 e. The van der Waals surface area contributed by atoms with E-state index in [-0.39, 0.29) is 0 Å². The Balaban J connectivity index is 1.86. The van der Waals surface area contributed by atoms with Crippen LogP contribution in [0.2, 0.25) is 0 Å². The van der Waals surface area contributed by atoms with E-state index < -0.39 is 0 Å². The molecule has 0 aliphatic carbocycles. The predicted octanol–water partition coefficient (Wildman–Crippen LogP) is 3.14. The van der Waals surface area contributed by atoms with Gasteiger partial charge in [-0.25, -0.2) is 14.6 Å². The van der Waals surface area contributed by atoms with Gasteiger partial charge in [-0.3, -0.25) is 9.98 Å². The summed E-state index contributed by atoms with van der Waals surface area (Å²) in [6.45, 7) is 6.22. The van der Waals surface area contributed by atoms with Crippen LogP contribution in [-0.2, 0) is 11.3 Å². The first-order valence-corrected chi connectivity index (χ1v) is 9.09. The minimum Gasteiger partial charge on any atom is -0.480 e. The van der Waals surface area contributed by atoms with E-state index in [9.17, 15) is 0 Å². The quantitative estimate of drug-likeness (QED) is 0.389. The fourth-order valence-corrected chi connectivity index (χ4v) is 3.40. The number of rotatable bonds is 5. The Kier molecular flexibility index (Phi) is 4.90. The molecule has 0 bridgehead atoms. The van der Waals surface area contributed by atoms with E-state index >= 15 is 0 Å². The minimum atomic E-state index is 0.468. The highest BCUT2D eigenvalue weighted by molar-refractivity contribution is 6.00. The molecule has 4 rings (SSSR count). The molecule has 4 aromatic heterocycles. The topological polar surface area (TPSA) is 82.5 Å². The van der Waals surface area contributed by atoms with Gasteiger partial charge >= 0.3 is 0 Å². The van der Waals surface area contributed by atoms with Crippen LogP contribution in [0.5, 0.6) is 0 Å². The second-order valence-electron chi connectivity index (χ2n) is 6.43. The monoisotopic (exact) mass is 387 g/mol. The number of aryl methyl sites for hydroxylation is 1. The van der Waals surface area contributed by atoms with Gasteiger partial charge in [0.15, 0.2) is 5.65 Å². The second kappa shape index (κ2) is 7.67. The molecule has 0 atom stereocenters. The first-order valence-electron chi connectivity index (χ1n) is 9.09. The molecule has 146 valence electrons. The molecule has 4 aromatic rings. The number of pyridine rings is 2. The normalized spacial score (nSPS) is 11.8. The third-order valence-electron chi connectivity index (χ3n) is 4.77. The number of aliphatic imine (C=N–C) groups is 1. The summed E-state index contributed by atoms with van der Waals surface area (Å²) in [5.41, 5.74) is 5.12. The summed E-state index contributed by atoms with van der Waals surface area (Å²) < 4.78 is 9.19. The molecule has 0 aromatic carbocycles. The number of hydrogen-bond acceptors (Lipinski definition) is 6. The molecule has 0 fully saturated rings. The number of aromatic nitrogens is 5. The highest BCUT2D eigenvalue weighted by Gasteiger charge is 2.19. The predicted molar refractivity (Wildman–Crippen MR) is 113 cm³/mol. The van der Waals surface area contributed by atoms with Gasteiger partial charge in [0.05, 0.1) is 24.9 Å². The molecule has 0 saturated carbocycles. The smallest absolute Gasteiger partial charge is 0.235 e. The summed E-state index contributed by atoms with van der Waals surface area (Å²) in [4.78, 5) is 17.8. The first kappa shape index (κ1) is 18.5. The van der Waals surface area contributed by atoms with Crippen molar-refractivity contribution in [1.29, 1.82) is 0 Å². The van der Waals surface area contributed by atoms with Crippen LogP contribution < -0.4 is 0 Å². The average Bonchev–Trinajstić information content (AvgIpc) is 3.31. The summed E-state index contributed by atoms with van der Waals surface area (Å²) in [5.74, 6) is 1.35. The van der Waals surface area contributed by atoms with Crippen LogP contribution in [0.25, 0.3) is 22.3 Å². The number of hydrogen-bond donors (Lipinski definition) is 0. The Morgan fingerprint density at radius 1 is 1.24 bits per heavy atom. The maximum Gasteiger partial charge on any atom is 0.235 e. The lowest BCUT2D eigenvalue weighted by atomic mass is 10.1. The van der Waals surface area contributed by atoms with Gasteiger partial charge in [0.25, 0.3) is 0 Å². The summed E-state index contributed by atoms with van der Waals surface area (Å²) in [5, 5.41) is 4.03. The molecule has 0 radical (unpaired) electrons. The number of nitrogens with zero attached hydrogens (tertiary/aromatic N) is 7. The molecular formula is C21H21N7O. The van der Waals surface area contributed by atoms with E-state index in [1.54, 1.807) is 31.2 Å². The van der Waals surface area contributed by atoms with Crippen molar-refractivity contribution < 1.29 is 4.74 Å². The molecule has 0 amide bonds. The van der Waals surface area contributed by atoms with Crippen molar-refractivity contribution >= 4 is 23.8 Å². The zero-order valence-electron chi connectivity index (χ0n) is 16.6. The lowest BCUT2D eigenvalue weighted by Crippen LogP contribution is -2.10. The van der Waals surface area contributed by atoms with E-state index in [1.165, 1.54) is 0 Å². The molecule has 0 spiro atoms. The molecule has 0 aliphatic rings. The van der Waals surface area contributed by atoms with E-state index in [1.807, 2.05) is 37.4 Å². The van der Waals surface area contributed by atoms with E-state index in [2.05, 4.69) is 42.4 Å². The third kappa shape index (κ3) is 3.29. The molecular weight excluding hydrogens is 366 g/mol. The lowest BCUT2D eigenvalue weighted by molar-refractivity contribution is 0.401. The molecule has 29 heavy (non-hydrogen) atoms. The van der Waals surface area contributed by atoms with Gasteiger partial charge in [-0.15, -0.1) is 0 Å². The number of imidazole rings is 1. The van der Waals surface area contributed by atoms with Gasteiger partial charge < -0.3 is 9.30 Å². The number of fused-ring (bicyclic) bond motifs is 1. The molecule has 4 heterocycles. The maximum atomic E-state index is 5.44. The number of methoxy groups -OCH3 is 1. The Hall–Kier alpha value is -3.81. The molecule has 8 heteroatoms. The molecule has 0 saturated heterocycles. The van der Waals surface area contributed by atoms with Crippen LogP contribution in [0, 0.1) is 6.92 Å². The van der Waals surface area contributed by atoms with Gasteiger partial charge in [0.1, 0.15) is 11.5 Å². The third-order valence-corrected chi connectivity index (χ3v) is 4.77. The Bertz CT molecular complexity index is 1200.